The number of nitrogens with one attached hydrogen (secondary N) is 1. The number of benzene rings is 1. The summed E-state index contributed by atoms with van der Waals surface area (Å²) in [6, 6.07) is 5.54. The molecular formula is C22H35N3O3S. The summed E-state index contributed by atoms with van der Waals surface area (Å²) < 4.78 is 27.7. The Bertz CT molecular complexity index is 817. The SMILES string of the molecule is Cc1ccc(C(=O)NCC2CCCN(C(C)C)C2)cc1S(=O)(=O)N1CCCCC1. The van der Waals surface area contributed by atoms with Gasteiger partial charge in [-0.1, -0.05) is 12.5 Å². The van der Waals surface area contributed by atoms with Crippen LogP contribution in [0.25, 0.3) is 0 Å². The molecule has 2 aliphatic heterocycles. The summed E-state index contributed by atoms with van der Waals surface area (Å²) in [5.41, 5.74) is 1.11. The second kappa shape index (κ2) is 9.58. The summed E-state index contributed by atoms with van der Waals surface area (Å²) in [7, 11) is -3.55. The molecule has 0 aliphatic carbocycles. The molecule has 1 unspecified atom stereocenters. The van der Waals surface area contributed by atoms with Gasteiger partial charge in [0.05, 0.1) is 4.90 Å². The summed E-state index contributed by atoms with van der Waals surface area (Å²) in [4.78, 5) is 15.5. The maximum Gasteiger partial charge on any atom is 0.251 e. The van der Waals surface area contributed by atoms with E-state index in [0.717, 1.165) is 45.2 Å². The van der Waals surface area contributed by atoms with Gasteiger partial charge in [-0.3, -0.25) is 4.79 Å². The zero-order valence-electron chi connectivity index (χ0n) is 18.0. The molecule has 0 bridgehead atoms. The van der Waals surface area contributed by atoms with Crippen LogP contribution in [0, 0.1) is 12.8 Å². The van der Waals surface area contributed by atoms with Crippen LogP contribution in [0.5, 0.6) is 0 Å². The smallest absolute Gasteiger partial charge is 0.251 e. The van der Waals surface area contributed by atoms with Gasteiger partial charge >= 0.3 is 0 Å². The molecule has 3 rings (SSSR count). The van der Waals surface area contributed by atoms with E-state index in [1.165, 1.54) is 0 Å². The van der Waals surface area contributed by atoms with Gasteiger partial charge in [-0.2, -0.15) is 4.31 Å². The Morgan fingerprint density at radius 2 is 1.86 bits per heavy atom. The standard InChI is InChI=1S/C22H35N3O3S/c1-17(2)24-11-7-8-19(16-24)15-23-22(26)20-10-9-18(3)21(14-20)29(27,28)25-12-5-4-6-13-25/h9-10,14,17,19H,4-8,11-13,15-16H2,1-3H3,(H,23,26). The highest BCUT2D eigenvalue weighted by Gasteiger charge is 2.28. The maximum absolute atomic E-state index is 13.1. The Hall–Kier alpha value is -1.44. The number of carbonyl (C=O) groups is 1. The first-order valence-corrected chi connectivity index (χ1v) is 12.4. The molecule has 29 heavy (non-hydrogen) atoms. The third-order valence-corrected chi connectivity index (χ3v) is 8.26. The molecule has 1 amide bonds. The van der Waals surface area contributed by atoms with Gasteiger partial charge in [0.25, 0.3) is 5.91 Å². The van der Waals surface area contributed by atoms with Gasteiger partial charge in [0.15, 0.2) is 0 Å². The quantitative estimate of drug-likeness (QED) is 0.767. The van der Waals surface area contributed by atoms with Crippen LogP contribution in [0.15, 0.2) is 23.1 Å². The zero-order chi connectivity index (χ0) is 21.0. The molecule has 2 aliphatic rings. The minimum atomic E-state index is -3.55. The number of aryl methyl sites for hydroxylation is 1. The van der Waals surface area contributed by atoms with Gasteiger partial charge in [-0.15, -0.1) is 0 Å². The van der Waals surface area contributed by atoms with E-state index in [9.17, 15) is 13.2 Å². The molecule has 0 aromatic heterocycles. The third kappa shape index (κ3) is 5.38. The number of hydrogen-bond donors (Lipinski definition) is 1. The van der Waals surface area contributed by atoms with Crippen molar-refractivity contribution in [3.05, 3.63) is 29.3 Å². The molecule has 0 radical (unpaired) electrons. The van der Waals surface area contributed by atoms with Crippen molar-refractivity contribution in [3.8, 4) is 0 Å². The van der Waals surface area contributed by atoms with Crippen LogP contribution in [0.1, 0.15) is 61.9 Å². The van der Waals surface area contributed by atoms with Crippen LogP contribution in [-0.2, 0) is 10.0 Å². The van der Waals surface area contributed by atoms with Gasteiger partial charge in [0.1, 0.15) is 0 Å². The van der Waals surface area contributed by atoms with E-state index < -0.39 is 10.0 Å². The lowest BCUT2D eigenvalue weighted by atomic mass is 9.97. The Balaban J connectivity index is 1.68. The number of likely N-dealkylation sites (tertiary alicyclic amines) is 1. The average molecular weight is 422 g/mol. The largest absolute Gasteiger partial charge is 0.352 e. The number of sulfonamides is 1. The van der Waals surface area contributed by atoms with E-state index in [-0.39, 0.29) is 10.8 Å². The van der Waals surface area contributed by atoms with E-state index in [1.807, 2.05) is 0 Å². The number of piperidine rings is 2. The average Bonchev–Trinajstić information content (AvgIpc) is 2.73. The summed E-state index contributed by atoms with van der Waals surface area (Å²) in [6.45, 7) is 10.1. The molecule has 1 aromatic rings. The van der Waals surface area contributed by atoms with Crippen molar-refractivity contribution in [1.82, 2.24) is 14.5 Å². The van der Waals surface area contributed by atoms with Crippen molar-refractivity contribution < 1.29 is 13.2 Å². The fraction of sp³-hybridized carbons (Fsp3) is 0.682. The Kier molecular flexibility index (Phi) is 7.35. The van der Waals surface area contributed by atoms with Gasteiger partial charge in [0, 0.05) is 37.8 Å². The van der Waals surface area contributed by atoms with Crippen LogP contribution in [-0.4, -0.2) is 62.3 Å². The first kappa shape index (κ1) is 22.2. The normalized spacial score (nSPS) is 22.0. The molecule has 2 saturated heterocycles. The van der Waals surface area contributed by atoms with Crippen molar-refractivity contribution in [3.63, 3.8) is 0 Å². The second-order valence-corrected chi connectivity index (χ2v) is 10.7. The molecule has 6 nitrogen and oxygen atoms in total. The minimum absolute atomic E-state index is 0.193. The Morgan fingerprint density at radius 1 is 1.14 bits per heavy atom. The van der Waals surface area contributed by atoms with Crippen LogP contribution in [0.2, 0.25) is 0 Å². The predicted octanol–water partition coefficient (Wildman–Crippen LogP) is 3.02. The maximum atomic E-state index is 13.1. The van der Waals surface area contributed by atoms with E-state index >= 15 is 0 Å². The van der Waals surface area contributed by atoms with Crippen molar-refractivity contribution in [2.45, 2.75) is 63.8 Å². The molecular weight excluding hydrogens is 386 g/mol. The van der Waals surface area contributed by atoms with Crippen LogP contribution >= 0.6 is 0 Å². The molecule has 2 heterocycles. The van der Waals surface area contributed by atoms with Crippen molar-refractivity contribution in [2.24, 2.45) is 5.92 Å². The number of rotatable bonds is 6. The highest BCUT2D eigenvalue weighted by atomic mass is 32.2. The molecule has 0 spiro atoms. The number of amides is 1. The second-order valence-electron chi connectivity index (χ2n) is 8.75. The van der Waals surface area contributed by atoms with E-state index in [0.29, 0.717) is 42.7 Å². The fourth-order valence-electron chi connectivity index (χ4n) is 4.34. The van der Waals surface area contributed by atoms with Crippen LogP contribution in [0.4, 0.5) is 0 Å². The Morgan fingerprint density at radius 3 is 2.55 bits per heavy atom. The van der Waals surface area contributed by atoms with Gasteiger partial charge < -0.3 is 10.2 Å². The molecule has 162 valence electrons. The first-order valence-electron chi connectivity index (χ1n) is 10.9. The van der Waals surface area contributed by atoms with E-state index in [4.69, 9.17) is 0 Å². The van der Waals surface area contributed by atoms with E-state index in [1.54, 1.807) is 29.4 Å². The summed E-state index contributed by atoms with van der Waals surface area (Å²) >= 11 is 0. The lowest BCUT2D eigenvalue weighted by Gasteiger charge is -2.35. The van der Waals surface area contributed by atoms with Crippen molar-refractivity contribution in [1.29, 1.82) is 0 Å². The predicted molar refractivity (Wildman–Crippen MR) is 116 cm³/mol. The lowest BCUT2D eigenvalue weighted by molar-refractivity contribution is 0.0922. The lowest BCUT2D eigenvalue weighted by Crippen LogP contribution is -2.43. The van der Waals surface area contributed by atoms with Gasteiger partial charge in [0.2, 0.25) is 10.0 Å². The minimum Gasteiger partial charge on any atom is -0.352 e. The molecule has 2 fully saturated rings. The molecule has 0 saturated carbocycles. The van der Waals surface area contributed by atoms with Gasteiger partial charge in [-0.25, -0.2) is 8.42 Å². The zero-order valence-corrected chi connectivity index (χ0v) is 18.8. The van der Waals surface area contributed by atoms with Crippen molar-refractivity contribution >= 4 is 15.9 Å². The summed E-state index contributed by atoms with van der Waals surface area (Å²) in [5, 5.41) is 3.03. The number of carbonyl (C=O) groups excluding carboxylic acids is 1. The fourth-order valence-corrected chi connectivity index (χ4v) is 6.10. The number of hydrogen-bond acceptors (Lipinski definition) is 4. The van der Waals surface area contributed by atoms with E-state index in [2.05, 4.69) is 24.1 Å². The van der Waals surface area contributed by atoms with Gasteiger partial charge in [-0.05, 0) is 76.6 Å². The molecule has 1 N–H and O–H groups in total. The highest BCUT2D eigenvalue weighted by Crippen LogP contribution is 2.24. The monoisotopic (exact) mass is 421 g/mol. The summed E-state index contributed by atoms with van der Waals surface area (Å²) in [6.07, 6.45) is 5.14. The molecule has 1 aromatic carbocycles. The third-order valence-electron chi connectivity index (χ3n) is 6.22. The van der Waals surface area contributed by atoms with Crippen LogP contribution in [0.3, 0.4) is 0 Å². The topological polar surface area (TPSA) is 69.7 Å². The summed E-state index contributed by atoms with van der Waals surface area (Å²) in [5.74, 6) is 0.249. The highest BCUT2D eigenvalue weighted by molar-refractivity contribution is 7.89. The van der Waals surface area contributed by atoms with Crippen LogP contribution < -0.4 is 5.32 Å². The molecule has 1 atom stereocenters. The molecule has 7 heteroatoms. The Labute approximate surface area is 175 Å². The van der Waals surface area contributed by atoms with Crippen molar-refractivity contribution in [2.75, 3.05) is 32.7 Å². The number of nitrogens with zero attached hydrogens (tertiary/aromatic N) is 2. The first-order chi connectivity index (χ1) is 13.8.